The molecule has 0 saturated heterocycles. The van der Waals surface area contributed by atoms with Crippen molar-refractivity contribution in [1.29, 1.82) is 0 Å². The molecule has 0 aliphatic carbocycles. The van der Waals surface area contributed by atoms with E-state index in [0.29, 0.717) is 6.79 Å². The molecule has 1 aromatic carbocycles. The highest BCUT2D eigenvalue weighted by Gasteiger charge is 2.15. The molecule has 88 valence electrons. The fraction of sp³-hybridized carbons (Fsp3) is 0.167. The van der Waals surface area contributed by atoms with Crippen molar-refractivity contribution in [3.05, 3.63) is 39.0 Å². The van der Waals surface area contributed by atoms with Gasteiger partial charge in [-0.15, -0.1) is 0 Å². The summed E-state index contributed by atoms with van der Waals surface area (Å²) in [4.78, 5) is 0. The normalized spacial score (nSPS) is 12.8. The van der Waals surface area contributed by atoms with Crippen LogP contribution < -0.4 is 14.8 Å². The Morgan fingerprint density at radius 1 is 1.29 bits per heavy atom. The number of hydrogen-bond donors (Lipinski definition) is 1. The maximum absolute atomic E-state index is 5.36. The lowest BCUT2D eigenvalue weighted by Gasteiger charge is -2.07. The second kappa shape index (κ2) is 4.58. The molecule has 1 aliphatic rings. The minimum atomic E-state index is 0.309. The van der Waals surface area contributed by atoms with Crippen LogP contribution in [-0.4, -0.2) is 6.79 Å². The number of anilines is 1. The molecule has 0 bridgehead atoms. The molecule has 0 saturated carbocycles. The van der Waals surface area contributed by atoms with E-state index in [1.165, 1.54) is 0 Å². The number of halogens is 1. The largest absolute Gasteiger partial charge is 0.454 e. The molecule has 0 fully saturated rings. The zero-order valence-corrected chi connectivity index (χ0v) is 11.3. The third-order valence-electron chi connectivity index (χ3n) is 2.55. The monoisotopic (exact) mass is 311 g/mol. The number of ether oxygens (including phenoxy) is 2. The van der Waals surface area contributed by atoms with Gasteiger partial charge < -0.3 is 14.8 Å². The Hall–Kier alpha value is -1.20. The second-order valence-electron chi connectivity index (χ2n) is 3.66. The van der Waals surface area contributed by atoms with Gasteiger partial charge in [0.25, 0.3) is 0 Å². The van der Waals surface area contributed by atoms with Crippen LogP contribution in [0.5, 0.6) is 11.5 Å². The Kier molecular flexibility index (Phi) is 2.94. The SMILES string of the molecule is Brc1cc2c(cc1CNc1ccsc1)OCO2. The Morgan fingerprint density at radius 3 is 2.88 bits per heavy atom. The Bertz CT molecular complexity index is 528. The van der Waals surface area contributed by atoms with E-state index in [0.717, 1.165) is 33.8 Å². The molecule has 1 aromatic heterocycles. The first-order valence-electron chi connectivity index (χ1n) is 5.17. The Labute approximate surface area is 111 Å². The van der Waals surface area contributed by atoms with Crippen molar-refractivity contribution in [2.75, 3.05) is 12.1 Å². The smallest absolute Gasteiger partial charge is 0.231 e. The number of fused-ring (bicyclic) bond motifs is 1. The summed E-state index contributed by atoms with van der Waals surface area (Å²) in [5, 5.41) is 7.49. The van der Waals surface area contributed by atoms with Crippen LogP contribution in [-0.2, 0) is 6.54 Å². The van der Waals surface area contributed by atoms with Gasteiger partial charge in [-0.05, 0) is 29.1 Å². The zero-order chi connectivity index (χ0) is 11.7. The summed E-state index contributed by atoms with van der Waals surface area (Å²) in [6, 6.07) is 6.02. The molecule has 3 rings (SSSR count). The molecule has 0 amide bonds. The van der Waals surface area contributed by atoms with E-state index >= 15 is 0 Å². The first kappa shape index (κ1) is 10.9. The van der Waals surface area contributed by atoms with E-state index in [4.69, 9.17) is 9.47 Å². The van der Waals surface area contributed by atoms with Gasteiger partial charge >= 0.3 is 0 Å². The van der Waals surface area contributed by atoms with Crippen molar-refractivity contribution >= 4 is 33.0 Å². The fourth-order valence-electron chi connectivity index (χ4n) is 1.66. The van der Waals surface area contributed by atoms with Gasteiger partial charge in [-0.3, -0.25) is 0 Å². The van der Waals surface area contributed by atoms with Gasteiger partial charge in [0.2, 0.25) is 6.79 Å². The third-order valence-corrected chi connectivity index (χ3v) is 3.97. The molecule has 0 unspecified atom stereocenters. The molecule has 2 heterocycles. The highest BCUT2D eigenvalue weighted by molar-refractivity contribution is 9.10. The molecule has 1 aliphatic heterocycles. The first-order chi connectivity index (χ1) is 8.33. The van der Waals surface area contributed by atoms with E-state index in [2.05, 4.69) is 38.1 Å². The number of thiophene rings is 1. The van der Waals surface area contributed by atoms with Crippen molar-refractivity contribution in [2.45, 2.75) is 6.54 Å². The minimum absolute atomic E-state index is 0.309. The molecule has 3 nitrogen and oxygen atoms in total. The van der Waals surface area contributed by atoms with E-state index in [1.54, 1.807) is 11.3 Å². The van der Waals surface area contributed by atoms with Crippen molar-refractivity contribution < 1.29 is 9.47 Å². The molecule has 0 radical (unpaired) electrons. The van der Waals surface area contributed by atoms with Crippen molar-refractivity contribution in [3.8, 4) is 11.5 Å². The van der Waals surface area contributed by atoms with Crippen LogP contribution in [0.25, 0.3) is 0 Å². The minimum Gasteiger partial charge on any atom is -0.454 e. The van der Waals surface area contributed by atoms with Crippen LogP contribution in [0.15, 0.2) is 33.4 Å². The summed E-state index contributed by atoms with van der Waals surface area (Å²) in [6.07, 6.45) is 0. The topological polar surface area (TPSA) is 30.5 Å². The van der Waals surface area contributed by atoms with Gasteiger partial charge in [0.05, 0.1) is 0 Å². The predicted octanol–water partition coefficient (Wildman–Crippen LogP) is 3.85. The van der Waals surface area contributed by atoms with E-state index in [9.17, 15) is 0 Å². The average Bonchev–Trinajstić information content (AvgIpc) is 2.95. The standard InChI is InChI=1S/C12H10BrNO2S/c13-10-4-12-11(15-7-16-12)3-8(10)5-14-9-1-2-17-6-9/h1-4,6,14H,5,7H2. The number of nitrogens with one attached hydrogen (secondary N) is 1. The van der Waals surface area contributed by atoms with E-state index in [-0.39, 0.29) is 0 Å². The van der Waals surface area contributed by atoms with E-state index in [1.807, 2.05) is 12.1 Å². The van der Waals surface area contributed by atoms with Gasteiger partial charge in [-0.1, -0.05) is 15.9 Å². The molecule has 2 aromatic rings. The quantitative estimate of drug-likeness (QED) is 0.934. The Balaban J connectivity index is 1.79. The molecular weight excluding hydrogens is 302 g/mol. The molecule has 1 N–H and O–H groups in total. The number of hydrogen-bond acceptors (Lipinski definition) is 4. The van der Waals surface area contributed by atoms with Crippen molar-refractivity contribution in [3.63, 3.8) is 0 Å². The zero-order valence-electron chi connectivity index (χ0n) is 8.90. The molecule has 0 spiro atoms. The summed E-state index contributed by atoms with van der Waals surface area (Å²) in [6.45, 7) is 1.07. The van der Waals surface area contributed by atoms with Gasteiger partial charge in [0.1, 0.15) is 0 Å². The number of rotatable bonds is 3. The number of benzene rings is 1. The van der Waals surface area contributed by atoms with Gasteiger partial charge in [-0.2, -0.15) is 11.3 Å². The van der Waals surface area contributed by atoms with Gasteiger partial charge in [-0.25, -0.2) is 0 Å². The van der Waals surface area contributed by atoms with Crippen LogP contribution in [0, 0.1) is 0 Å². The molecule has 5 heteroatoms. The highest BCUT2D eigenvalue weighted by atomic mass is 79.9. The summed E-state index contributed by atoms with van der Waals surface area (Å²) < 4.78 is 11.7. The van der Waals surface area contributed by atoms with Gasteiger partial charge in [0.15, 0.2) is 11.5 Å². The lowest BCUT2D eigenvalue weighted by Crippen LogP contribution is -1.99. The third kappa shape index (κ3) is 2.25. The lowest BCUT2D eigenvalue weighted by molar-refractivity contribution is 0.174. The average molecular weight is 312 g/mol. The summed E-state index contributed by atoms with van der Waals surface area (Å²) in [5.41, 5.74) is 2.29. The van der Waals surface area contributed by atoms with Gasteiger partial charge in [0, 0.05) is 22.1 Å². The first-order valence-corrected chi connectivity index (χ1v) is 6.90. The van der Waals surface area contributed by atoms with Crippen molar-refractivity contribution in [2.24, 2.45) is 0 Å². The summed E-state index contributed by atoms with van der Waals surface area (Å²) >= 11 is 5.22. The highest BCUT2D eigenvalue weighted by Crippen LogP contribution is 2.37. The Morgan fingerprint density at radius 2 is 2.12 bits per heavy atom. The summed E-state index contributed by atoms with van der Waals surface area (Å²) in [5.74, 6) is 1.62. The molecular formula is C12H10BrNO2S. The predicted molar refractivity (Wildman–Crippen MR) is 71.9 cm³/mol. The van der Waals surface area contributed by atoms with Crippen LogP contribution in [0.3, 0.4) is 0 Å². The van der Waals surface area contributed by atoms with Crippen molar-refractivity contribution in [1.82, 2.24) is 0 Å². The van der Waals surface area contributed by atoms with Crippen LogP contribution in [0.4, 0.5) is 5.69 Å². The van der Waals surface area contributed by atoms with E-state index < -0.39 is 0 Å². The molecule has 0 atom stereocenters. The fourth-order valence-corrected chi connectivity index (χ4v) is 2.73. The molecule has 17 heavy (non-hydrogen) atoms. The maximum Gasteiger partial charge on any atom is 0.231 e. The lowest BCUT2D eigenvalue weighted by atomic mass is 10.2. The summed E-state index contributed by atoms with van der Waals surface area (Å²) in [7, 11) is 0. The van der Waals surface area contributed by atoms with Crippen LogP contribution >= 0.6 is 27.3 Å². The van der Waals surface area contributed by atoms with Crippen LogP contribution in [0.1, 0.15) is 5.56 Å². The maximum atomic E-state index is 5.36. The second-order valence-corrected chi connectivity index (χ2v) is 5.30. The van der Waals surface area contributed by atoms with Crippen LogP contribution in [0.2, 0.25) is 0 Å².